The van der Waals surface area contributed by atoms with Crippen molar-refractivity contribution >= 4 is 0 Å². The number of rotatable bonds is 1. The Bertz CT molecular complexity index is 362. The van der Waals surface area contributed by atoms with E-state index in [1.54, 1.807) is 6.20 Å². The van der Waals surface area contributed by atoms with Crippen molar-refractivity contribution in [3.63, 3.8) is 0 Å². The fraction of sp³-hybridized carbons (Fsp3) is 0.100. The first-order valence-electron chi connectivity index (χ1n) is 3.93. The molecule has 12 heavy (non-hydrogen) atoms. The predicted molar refractivity (Wildman–Crippen MR) is 48.8 cm³/mol. The summed E-state index contributed by atoms with van der Waals surface area (Å²) >= 11 is 0. The van der Waals surface area contributed by atoms with Crippen LogP contribution in [0.2, 0.25) is 0 Å². The van der Waals surface area contributed by atoms with Gasteiger partial charge in [-0.3, -0.25) is 4.98 Å². The molecule has 60 valence electrons. The van der Waals surface area contributed by atoms with Crippen molar-refractivity contribution < 1.29 is 0 Å². The summed E-state index contributed by atoms with van der Waals surface area (Å²) in [5, 5.41) is 0. The molecule has 0 fully saturated rings. The van der Waals surface area contributed by atoms with Gasteiger partial charge >= 0.3 is 0 Å². The third-order valence-electron chi connectivity index (χ3n) is 1.88. The van der Waals surface area contributed by atoms with Gasteiger partial charge in [0.05, 0.1) is 11.4 Å². The summed E-state index contributed by atoms with van der Waals surface area (Å²) in [5.74, 6) is 0. The van der Waals surface area contributed by atoms with Gasteiger partial charge < -0.3 is 4.98 Å². The summed E-state index contributed by atoms with van der Waals surface area (Å²) in [6.45, 7) is 2.07. The van der Waals surface area contributed by atoms with Gasteiger partial charge in [-0.2, -0.15) is 0 Å². The van der Waals surface area contributed by atoms with Crippen molar-refractivity contribution in [1.29, 1.82) is 0 Å². The minimum absolute atomic E-state index is 1.00. The number of aromatic nitrogens is 2. The van der Waals surface area contributed by atoms with E-state index in [1.807, 2.05) is 30.5 Å². The molecule has 0 aromatic carbocycles. The fourth-order valence-electron chi connectivity index (χ4n) is 1.23. The van der Waals surface area contributed by atoms with Crippen molar-refractivity contribution in [3.8, 4) is 11.4 Å². The van der Waals surface area contributed by atoms with E-state index in [0.717, 1.165) is 11.4 Å². The number of nitrogens with one attached hydrogen (secondary N) is 1. The predicted octanol–water partition coefficient (Wildman–Crippen LogP) is 2.39. The van der Waals surface area contributed by atoms with Gasteiger partial charge in [0.25, 0.3) is 0 Å². The molecule has 0 unspecified atom stereocenters. The molecule has 2 heterocycles. The first-order chi connectivity index (χ1) is 5.88. The molecule has 0 aliphatic carbocycles. The molecule has 2 aromatic rings. The molecule has 2 heteroatoms. The van der Waals surface area contributed by atoms with Crippen molar-refractivity contribution in [3.05, 3.63) is 42.2 Å². The van der Waals surface area contributed by atoms with Crippen LogP contribution in [0.3, 0.4) is 0 Å². The fourth-order valence-corrected chi connectivity index (χ4v) is 1.23. The number of hydrogen-bond donors (Lipinski definition) is 1. The lowest BCUT2D eigenvalue weighted by Gasteiger charge is -1.97. The van der Waals surface area contributed by atoms with Crippen molar-refractivity contribution in [1.82, 2.24) is 9.97 Å². The van der Waals surface area contributed by atoms with Gasteiger partial charge in [0.1, 0.15) is 0 Å². The number of aryl methyl sites for hydroxylation is 1. The van der Waals surface area contributed by atoms with E-state index in [2.05, 4.69) is 16.9 Å². The molecule has 2 nitrogen and oxygen atoms in total. The maximum atomic E-state index is 4.25. The van der Waals surface area contributed by atoms with Crippen LogP contribution in [0.15, 0.2) is 36.7 Å². The molecule has 0 atom stereocenters. The normalized spacial score (nSPS) is 10.1. The zero-order chi connectivity index (χ0) is 8.39. The van der Waals surface area contributed by atoms with Gasteiger partial charge in [-0.1, -0.05) is 6.07 Å². The SMILES string of the molecule is Cc1cc[nH]c1-c1ccccn1. The standard InChI is InChI=1S/C10H10N2/c1-8-5-7-12-10(8)9-4-2-3-6-11-9/h2-7,12H,1H3. The van der Waals surface area contributed by atoms with Crippen LogP contribution >= 0.6 is 0 Å². The quantitative estimate of drug-likeness (QED) is 0.678. The van der Waals surface area contributed by atoms with E-state index in [-0.39, 0.29) is 0 Å². The highest BCUT2D eigenvalue weighted by molar-refractivity contribution is 5.58. The highest BCUT2D eigenvalue weighted by atomic mass is 14.8. The van der Waals surface area contributed by atoms with Gasteiger partial charge in [0, 0.05) is 12.4 Å². The molecule has 2 aromatic heterocycles. The van der Waals surface area contributed by atoms with Crippen LogP contribution in [0, 0.1) is 6.92 Å². The Morgan fingerprint density at radius 3 is 2.75 bits per heavy atom. The summed E-state index contributed by atoms with van der Waals surface area (Å²) < 4.78 is 0. The van der Waals surface area contributed by atoms with Crippen LogP contribution < -0.4 is 0 Å². The van der Waals surface area contributed by atoms with Gasteiger partial charge in [0.2, 0.25) is 0 Å². The number of H-pyrrole nitrogens is 1. The lowest BCUT2D eigenvalue weighted by Crippen LogP contribution is -1.83. The molecule has 0 saturated carbocycles. The van der Waals surface area contributed by atoms with Crippen LogP contribution in [0.5, 0.6) is 0 Å². The van der Waals surface area contributed by atoms with E-state index in [4.69, 9.17) is 0 Å². The Labute approximate surface area is 71.3 Å². The number of aromatic amines is 1. The first-order valence-corrected chi connectivity index (χ1v) is 3.93. The second kappa shape index (κ2) is 2.81. The molecule has 0 bridgehead atoms. The molecule has 0 aliphatic rings. The van der Waals surface area contributed by atoms with Crippen molar-refractivity contribution in [2.24, 2.45) is 0 Å². The highest BCUT2D eigenvalue weighted by Crippen LogP contribution is 2.17. The smallest absolute Gasteiger partial charge is 0.0867 e. The maximum absolute atomic E-state index is 4.25. The molecule has 0 radical (unpaired) electrons. The monoisotopic (exact) mass is 158 g/mol. The third kappa shape index (κ3) is 1.11. The molecule has 0 amide bonds. The van der Waals surface area contributed by atoms with Crippen LogP contribution in [0.25, 0.3) is 11.4 Å². The van der Waals surface area contributed by atoms with Crippen LogP contribution in [0.4, 0.5) is 0 Å². The van der Waals surface area contributed by atoms with E-state index in [9.17, 15) is 0 Å². The van der Waals surface area contributed by atoms with Gasteiger partial charge in [-0.15, -0.1) is 0 Å². The lowest BCUT2D eigenvalue weighted by atomic mass is 10.2. The van der Waals surface area contributed by atoms with Gasteiger partial charge in [-0.25, -0.2) is 0 Å². The Hall–Kier alpha value is -1.57. The largest absolute Gasteiger partial charge is 0.360 e. The Morgan fingerprint density at radius 2 is 2.17 bits per heavy atom. The van der Waals surface area contributed by atoms with Crippen LogP contribution in [-0.4, -0.2) is 9.97 Å². The lowest BCUT2D eigenvalue weighted by molar-refractivity contribution is 1.26. The molecular formula is C10H10N2. The van der Waals surface area contributed by atoms with E-state index in [0.29, 0.717) is 0 Å². The number of hydrogen-bond acceptors (Lipinski definition) is 1. The van der Waals surface area contributed by atoms with Gasteiger partial charge in [0.15, 0.2) is 0 Å². The second-order valence-electron chi connectivity index (χ2n) is 2.75. The third-order valence-corrected chi connectivity index (χ3v) is 1.88. The van der Waals surface area contributed by atoms with E-state index < -0.39 is 0 Å². The molecule has 2 rings (SSSR count). The second-order valence-corrected chi connectivity index (χ2v) is 2.75. The summed E-state index contributed by atoms with van der Waals surface area (Å²) in [5.41, 5.74) is 3.34. The zero-order valence-electron chi connectivity index (χ0n) is 6.91. The van der Waals surface area contributed by atoms with Gasteiger partial charge in [-0.05, 0) is 30.7 Å². The summed E-state index contributed by atoms with van der Waals surface area (Å²) in [7, 11) is 0. The molecule has 1 N–H and O–H groups in total. The topological polar surface area (TPSA) is 28.7 Å². The summed E-state index contributed by atoms with van der Waals surface area (Å²) in [6, 6.07) is 7.95. The van der Waals surface area contributed by atoms with E-state index >= 15 is 0 Å². The first kappa shape index (κ1) is 7.10. The Balaban J connectivity index is 2.51. The average Bonchev–Trinajstić information content (AvgIpc) is 2.53. The molecule has 0 spiro atoms. The maximum Gasteiger partial charge on any atom is 0.0867 e. The number of nitrogens with zero attached hydrogens (tertiary/aromatic N) is 1. The molecule has 0 aliphatic heterocycles. The summed E-state index contributed by atoms with van der Waals surface area (Å²) in [6.07, 6.45) is 3.73. The summed E-state index contributed by atoms with van der Waals surface area (Å²) in [4.78, 5) is 7.41. The zero-order valence-corrected chi connectivity index (χ0v) is 6.91. The van der Waals surface area contributed by atoms with Crippen LogP contribution in [0.1, 0.15) is 5.56 Å². The minimum atomic E-state index is 1.00. The molecular weight excluding hydrogens is 148 g/mol. The average molecular weight is 158 g/mol. The minimum Gasteiger partial charge on any atom is -0.360 e. The Kier molecular flexibility index (Phi) is 1.67. The van der Waals surface area contributed by atoms with E-state index in [1.165, 1.54) is 5.56 Å². The number of pyridine rings is 1. The van der Waals surface area contributed by atoms with Crippen molar-refractivity contribution in [2.45, 2.75) is 6.92 Å². The van der Waals surface area contributed by atoms with Crippen LogP contribution in [-0.2, 0) is 0 Å². The van der Waals surface area contributed by atoms with Crippen molar-refractivity contribution in [2.75, 3.05) is 0 Å². The Morgan fingerprint density at radius 1 is 1.25 bits per heavy atom. The molecule has 0 saturated heterocycles. The highest BCUT2D eigenvalue weighted by Gasteiger charge is 2.01.